The first-order chi connectivity index (χ1) is 10.9. The van der Waals surface area contributed by atoms with Gasteiger partial charge in [-0.25, -0.2) is 9.48 Å². The highest BCUT2D eigenvalue weighted by Crippen LogP contribution is 2.33. The monoisotopic (exact) mass is 371 g/mol. The van der Waals surface area contributed by atoms with E-state index < -0.39 is 33.6 Å². The molecule has 1 amide bonds. The number of amides is 1. The van der Waals surface area contributed by atoms with E-state index >= 15 is 0 Å². The van der Waals surface area contributed by atoms with Crippen molar-refractivity contribution < 1.29 is 35.7 Å². The highest BCUT2D eigenvalue weighted by Gasteiger charge is 2.49. The first-order valence-corrected chi connectivity index (χ1v) is 8.43. The third-order valence-corrected chi connectivity index (χ3v) is 4.47. The summed E-state index contributed by atoms with van der Waals surface area (Å²) in [4.78, 5) is 12.1. The van der Waals surface area contributed by atoms with Gasteiger partial charge in [0.05, 0.1) is 11.7 Å². The maximum atomic E-state index is 12.6. The number of rotatable bonds is 3. The van der Waals surface area contributed by atoms with Gasteiger partial charge in [-0.3, -0.25) is 0 Å². The molecular formula is C12H16F3N3O5S. The second kappa shape index (κ2) is 6.15. The average Bonchev–Trinajstić information content (AvgIpc) is 2.63. The lowest BCUT2D eigenvalue weighted by Gasteiger charge is -2.17. The number of carboxylic acid groups (broad SMARTS) is 1. The number of alkyl halides is 3. The Hall–Kier alpha value is -1.98. The van der Waals surface area contributed by atoms with Crippen LogP contribution in [0.5, 0.6) is 5.88 Å². The van der Waals surface area contributed by atoms with Crippen LogP contribution in [0.4, 0.5) is 18.0 Å². The fourth-order valence-electron chi connectivity index (χ4n) is 2.33. The maximum Gasteiger partial charge on any atom is 0.534 e. The molecule has 24 heavy (non-hydrogen) atoms. The number of aromatic nitrogens is 2. The molecule has 2 heterocycles. The van der Waals surface area contributed by atoms with E-state index in [-0.39, 0.29) is 31.5 Å². The van der Waals surface area contributed by atoms with Crippen LogP contribution in [0.2, 0.25) is 0 Å². The first kappa shape index (κ1) is 18.4. The molecule has 0 atom stereocenters. The van der Waals surface area contributed by atoms with Crippen molar-refractivity contribution in [2.45, 2.75) is 38.2 Å². The zero-order valence-electron chi connectivity index (χ0n) is 12.9. The zero-order chi connectivity index (χ0) is 18.3. The molecule has 12 heteroatoms. The Morgan fingerprint density at radius 3 is 2.38 bits per heavy atom. The van der Waals surface area contributed by atoms with Crippen LogP contribution in [0.15, 0.2) is 0 Å². The number of fused-ring (bicyclic) bond motifs is 1. The molecule has 1 aliphatic rings. The van der Waals surface area contributed by atoms with E-state index in [0.29, 0.717) is 5.69 Å². The molecule has 0 saturated heterocycles. The van der Waals surface area contributed by atoms with Gasteiger partial charge in [0.15, 0.2) is 0 Å². The predicted molar refractivity (Wildman–Crippen MR) is 75.2 cm³/mol. The number of hydrogen-bond acceptors (Lipinski definition) is 5. The van der Waals surface area contributed by atoms with Gasteiger partial charge in [-0.15, -0.1) is 0 Å². The summed E-state index contributed by atoms with van der Waals surface area (Å²) < 4.78 is 65.9. The van der Waals surface area contributed by atoms with E-state index in [9.17, 15) is 26.4 Å². The zero-order valence-corrected chi connectivity index (χ0v) is 13.7. The van der Waals surface area contributed by atoms with Gasteiger partial charge >= 0.3 is 21.7 Å². The molecule has 0 saturated carbocycles. The number of hydrogen-bond donors (Lipinski definition) is 1. The standard InChI is InChI=1S/C12H16F3N3O5S/c1-7(2)18-10(23-24(21,22)12(13,14)15)8-3-5-17(11(19)20)6-4-9(8)16-18/h7H,3-6H2,1-2H3,(H,19,20). The second-order valence-electron chi connectivity index (χ2n) is 5.52. The third-order valence-electron chi connectivity index (χ3n) is 3.53. The second-order valence-corrected chi connectivity index (χ2v) is 7.06. The van der Waals surface area contributed by atoms with Crippen LogP contribution in [0.1, 0.15) is 31.1 Å². The minimum absolute atomic E-state index is 0.00848. The van der Waals surface area contributed by atoms with Crippen molar-refractivity contribution in [2.75, 3.05) is 13.1 Å². The maximum absolute atomic E-state index is 12.6. The molecule has 0 aromatic carbocycles. The smallest absolute Gasteiger partial charge is 0.465 e. The molecule has 1 aromatic rings. The van der Waals surface area contributed by atoms with Crippen molar-refractivity contribution in [3.63, 3.8) is 0 Å². The van der Waals surface area contributed by atoms with Gasteiger partial charge in [0.1, 0.15) is 0 Å². The fraction of sp³-hybridized carbons (Fsp3) is 0.667. The van der Waals surface area contributed by atoms with Crippen molar-refractivity contribution in [1.29, 1.82) is 0 Å². The largest absolute Gasteiger partial charge is 0.534 e. The summed E-state index contributed by atoms with van der Waals surface area (Å²) in [6, 6.07) is -0.439. The van der Waals surface area contributed by atoms with Gasteiger partial charge in [-0.2, -0.15) is 26.7 Å². The van der Waals surface area contributed by atoms with Crippen LogP contribution in [0.3, 0.4) is 0 Å². The summed E-state index contributed by atoms with van der Waals surface area (Å²) in [7, 11) is -5.84. The quantitative estimate of drug-likeness (QED) is 0.642. The van der Waals surface area contributed by atoms with E-state index in [1.165, 1.54) is 0 Å². The normalized spacial score (nSPS) is 16.0. The van der Waals surface area contributed by atoms with Crippen molar-refractivity contribution in [2.24, 2.45) is 0 Å². The van der Waals surface area contributed by atoms with E-state index in [1.807, 2.05) is 0 Å². The van der Waals surface area contributed by atoms with E-state index in [0.717, 1.165) is 9.58 Å². The van der Waals surface area contributed by atoms with Crippen LogP contribution in [-0.4, -0.2) is 52.9 Å². The molecule has 0 spiro atoms. The molecule has 0 bridgehead atoms. The lowest BCUT2D eigenvalue weighted by Crippen LogP contribution is -2.32. The Morgan fingerprint density at radius 2 is 1.88 bits per heavy atom. The summed E-state index contributed by atoms with van der Waals surface area (Å²) in [6.07, 6.45) is -0.997. The van der Waals surface area contributed by atoms with Crippen LogP contribution in [-0.2, 0) is 23.0 Å². The van der Waals surface area contributed by atoms with Crippen molar-refractivity contribution >= 4 is 16.2 Å². The van der Waals surface area contributed by atoms with Crippen LogP contribution < -0.4 is 4.18 Å². The molecule has 8 nitrogen and oxygen atoms in total. The van der Waals surface area contributed by atoms with Crippen molar-refractivity contribution in [1.82, 2.24) is 14.7 Å². The highest BCUT2D eigenvalue weighted by molar-refractivity contribution is 7.87. The third kappa shape index (κ3) is 3.42. The van der Waals surface area contributed by atoms with Gasteiger partial charge in [0.2, 0.25) is 5.88 Å². The summed E-state index contributed by atoms with van der Waals surface area (Å²) in [5.74, 6) is -0.510. The molecular weight excluding hydrogens is 355 g/mol. The predicted octanol–water partition coefficient (Wildman–Crippen LogP) is 1.77. The molecule has 136 valence electrons. The molecule has 0 unspecified atom stereocenters. The fourth-order valence-corrected chi connectivity index (χ4v) is 2.81. The minimum Gasteiger partial charge on any atom is -0.465 e. The van der Waals surface area contributed by atoms with Gasteiger partial charge in [-0.05, 0) is 20.3 Å². The van der Waals surface area contributed by atoms with E-state index in [1.54, 1.807) is 13.8 Å². The SMILES string of the molecule is CC(C)n1nc2c(c1OS(=O)(=O)C(F)(F)F)CCN(C(=O)O)CC2. The van der Waals surface area contributed by atoms with Crippen LogP contribution in [0, 0.1) is 0 Å². The molecule has 0 fully saturated rings. The molecule has 1 aromatic heterocycles. The van der Waals surface area contributed by atoms with Crippen molar-refractivity contribution in [3.05, 3.63) is 11.3 Å². The van der Waals surface area contributed by atoms with Gasteiger partial charge in [0, 0.05) is 25.1 Å². The van der Waals surface area contributed by atoms with Gasteiger partial charge in [-0.1, -0.05) is 0 Å². The lowest BCUT2D eigenvalue weighted by molar-refractivity contribution is -0.0503. The average molecular weight is 371 g/mol. The Bertz CT molecular complexity index is 742. The highest BCUT2D eigenvalue weighted by atomic mass is 32.2. The van der Waals surface area contributed by atoms with E-state index in [4.69, 9.17) is 5.11 Å². The Kier molecular flexibility index (Phi) is 4.70. The Morgan fingerprint density at radius 1 is 1.29 bits per heavy atom. The van der Waals surface area contributed by atoms with Crippen molar-refractivity contribution in [3.8, 4) is 5.88 Å². The first-order valence-electron chi connectivity index (χ1n) is 7.03. The topological polar surface area (TPSA) is 102 Å². The number of halogens is 3. The van der Waals surface area contributed by atoms with Gasteiger partial charge in [0.25, 0.3) is 0 Å². The Labute approximate surface area is 135 Å². The number of carbonyl (C=O) groups is 1. The van der Waals surface area contributed by atoms with E-state index in [2.05, 4.69) is 9.28 Å². The van der Waals surface area contributed by atoms with Crippen LogP contribution in [0.25, 0.3) is 0 Å². The molecule has 1 aliphatic heterocycles. The molecule has 0 aliphatic carbocycles. The summed E-state index contributed by atoms with van der Waals surface area (Å²) in [5, 5.41) is 13.1. The summed E-state index contributed by atoms with van der Waals surface area (Å²) in [5.41, 5.74) is -5.05. The molecule has 1 N–H and O–H groups in total. The van der Waals surface area contributed by atoms with Gasteiger partial charge < -0.3 is 14.2 Å². The van der Waals surface area contributed by atoms with Crippen LogP contribution >= 0.6 is 0 Å². The summed E-state index contributed by atoms with van der Waals surface area (Å²) >= 11 is 0. The summed E-state index contributed by atoms with van der Waals surface area (Å²) in [6.45, 7) is 3.35. The molecule has 2 rings (SSSR count). The Balaban J connectivity index is 2.45. The minimum atomic E-state index is -5.84. The lowest BCUT2D eigenvalue weighted by atomic mass is 10.1. The molecule has 0 radical (unpaired) electrons. The number of nitrogens with zero attached hydrogens (tertiary/aromatic N) is 3.